The van der Waals surface area contributed by atoms with Gasteiger partial charge in [0.15, 0.2) is 0 Å². The van der Waals surface area contributed by atoms with Gasteiger partial charge in [-0.1, -0.05) is 11.6 Å². The van der Waals surface area contributed by atoms with Crippen LogP contribution in [0.25, 0.3) is 6.08 Å². The van der Waals surface area contributed by atoms with Crippen LogP contribution in [0.15, 0.2) is 18.2 Å². The van der Waals surface area contributed by atoms with Crippen LogP contribution in [0, 0.1) is 0 Å². The van der Waals surface area contributed by atoms with Crippen LogP contribution in [0.1, 0.15) is 18.7 Å². The van der Waals surface area contributed by atoms with Gasteiger partial charge in [0.1, 0.15) is 6.54 Å². The van der Waals surface area contributed by atoms with Crippen molar-refractivity contribution in [3.8, 4) is 0 Å². The van der Waals surface area contributed by atoms with Crippen LogP contribution in [-0.2, 0) is 9.59 Å². The zero-order chi connectivity index (χ0) is 13.7. The van der Waals surface area contributed by atoms with Crippen molar-refractivity contribution in [2.24, 2.45) is 0 Å². The van der Waals surface area contributed by atoms with Crippen LogP contribution in [-0.4, -0.2) is 34.5 Å². The monoisotopic (exact) mass is 287 g/mol. The van der Waals surface area contributed by atoms with E-state index in [1.165, 1.54) is 22.3 Å². The number of nitrogens with zero attached hydrogens (tertiary/aromatic N) is 1. The van der Waals surface area contributed by atoms with Crippen LogP contribution >= 0.6 is 22.9 Å². The van der Waals surface area contributed by atoms with Crippen molar-refractivity contribution >= 4 is 40.9 Å². The summed E-state index contributed by atoms with van der Waals surface area (Å²) in [6.07, 6.45) is 3.00. The molecule has 0 saturated carbocycles. The van der Waals surface area contributed by atoms with Gasteiger partial charge in [-0.05, 0) is 32.1 Å². The number of halogens is 1. The third kappa shape index (κ3) is 4.50. The lowest BCUT2D eigenvalue weighted by Gasteiger charge is -2.23. The molecule has 6 heteroatoms. The number of carbonyl (C=O) groups excluding carboxylic acids is 1. The lowest BCUT2D eigenvalue weighted by Crippen LogP contribution is -2.39. The number of thiophene rings is 1. The molecule has 0 aromatic carbocycles. The van der Waals surface area contributed by atoms with Crippen molar-refractivity contribution in [2.75, 3.05) is 6.54 Å². The van der Waals surface area contributed by atoms with Crippen LogP contribution < -0.4 is 0 Å². The van der Waals surface area contributed by atoms with Crippen molar-refractivity contribution in [3.05, 3.63) is 27.4 Å². The molecule has 0 spiro atoms. The second kappa shape index (κ2) is 6.56. The quantitative estimate of drug-likeness (QED) is 0.847. The largest absolute Gasteiger partial charge is 0.480 e. The SMILES string of the molecule is CC(C)N(CC(=O)O)C(=O)C=Cc1ccc(Cl)s1. The van der Waals surface area contributed by atoms with Crippen LogP contribution in [0.3, 0.4) is 0 Å². The fourth-order valence-electron chi connectivity index (χ4n) is 1.33. The molecular formula is C12H14ClNO3S. The number of carboxylic acid groups (broad SMARTS) is 1. The van der Waals surface area contributed by atoms with E-state index in [1.807, 2.05) is 0 Å². The van der Waals surface area contributed by atoms with E-state index in [9.17, 15) is 9.59 Å². The highest BCUT2D eigenvalue weighted by molar-refractivity contribution is 7.17. The van der Waals surface area contributed by atoms with Crippen molar-refractivity contribution in [1.29, 1.82) is 0 Å². The molecule has 0 bridgehead atoms. The number of carboxylic acids is 1. The van der Waals surface area contributed by atoms with Gasteiger partial charge in [0.05, 0.1) is 4.34 Å². The molecule has 0 unspecified atom stereocenters. The van der Waals surface area contributed by atoms with Crippen molar-refractivity contribution in [1.82, 2.24) is 4.90 Å². The maximum Gasteiger partial charge on any atom is 0.323 e. The molecule has 0 aliphatic rings. The Morgan fingerprint density at radius 2 is 2.17 bits per heavy atom. The molecule has 0 fully saturated rings. The Morgan fingerprint density at radius 3 is 2.61 bits per heavy atom. The molecule has 1 aromatic heterocycles. The average molecular weight is 288 g/mol. The number of aliphatic carboxylic acids is 1. The molecule has 0 aliphatic heterocycles. The third-order valence-electron chi connectivity index (χ3n) is 2.20. The number of amides is 1. The molecule has 1 amide bonds. The van der Waals surface area contributed by atoms with E-state index >= 15 is 0 Å². The first-order valence-corrected chi connectivity index (χ1v) is 6.55. The van der Waals surface area contributed by atoms with Crippen molar-refractivity contribution in [2.45, 2.75) is 19.9 Å². The highest BCUT2D eigenvalue weighted by Gasteiger charge is 2.17. The van der Waals surface area contributed by atoms with Gasteiger partial charge >= 0.3 is 5.97 Å². The van der Waals surface area contributed by atoms with Crippen LogP contribution in [0.5, 0.6) is 0 Å². The summed E-state index contributed by atoms with van der Waals surface area (Å²) >= 11 is 7.12. The maximum atomic E-state index is 11.8. The summed E-state index contributed by atoms with van der Waals surface area (Å²) in [5, 5.41) is 8.74. The smallest absolute Gasteiger partial charge is 0.323 e. The molecule has 0 saturated heterocycles. The fraction of sp³-hybridized carbons (Fsp3) is 0.333. The van der Waals surface area contributed by atoms with Gasteiger partial charge in [0.2, 0.25) is 5.91 Å². The first-order chi connectivity index (χ1) is 8.40. The van der Waals surface area contributed by atoms with Crippen molar-refractivity contribution < 1.29 is 14.7 Å². The molecule has 4 nitrogen and oxygen atoms in total. The number of rotatable bonds is 5. The molecule has 98 valence electrons. The van der Waals surface area contributed by atoms with Gasteiger partial charge in [-0.2, -0.15) is 0 Å². The minimum atomic E-state index is -1.02. The van der Waals surface area contributed by atoms with Gasteiger partial charge in [0, 0.05) is 17.0 Å². The van der Waals surface area contributed by atoms with Crippen LogP contribution in [0.2, 0.25) is 4.34 Å². The molecule has 0 aliphatic carbocycles. The lowest BCUT2D eigenvalue weighted by molar-refractivity contribution is -0.143. The Bertz CT molecular complexity index is 468. The molecule has 1 rings (SSSR count). The first-order valence-electron chi connectivity index (χ1n) is 5.36. The summed E-state index contributed by atoms with van der Waals surface area (Å²) in [5.74, 6) is -1.35. The average Bonchev–Trinajstić information content (AvgIpc) is 2.68. The molecule has 0 atom stereocenters. The van der Waals surface area contributed by atoms with Gasteiger partial charge < -0.3 is 10.0 Å². The van der Waals surface area contributed by atoms with E-state index in [0.29, 0.717) is 4.34 Å². The van der Waals surface area contributed by atoms with Crippen LogP contribution in [0.4, 0.5) is 0 Å². The molecule has 18 heavy (non-hydrogen) atoms. The maximum absolute atomic E-state index is 11.8. The predicted molar refractivity (Wildman–Crippen MR) is 72.8 cm³/mol. The Kier molecular flexibility index (Phi) is 5.37. The van der Waals surface area contributed by atoms with Gasteiger partial charge in [-0.15, -0.1) is 11.3 Å². The highest BCUT2D eigenvalue weighted by atomic mass is 35.5. The summed E-state index contributed by atoms with van der Waals surface area (Å²) < 4.78 is 0.647. The summed E-state index contributed by atoms with van der Waals surface area (Å²) in [7, 11) is 0. The summed E-state index contributed by atoms with van der Waals surface area (Å²) in [6, 6.07) is 3.38. The Morgan fingerprint density at radius 1 is 1.50 bits per heavy atom. The van der Waals surface area contributed by atoms with E-state index in [-0.39, 0.29) is 18.5 Å². The topological polar surface area (TPSA) is 57.6 Å². The number of hydrogen-bond acceptors (Lipinski definition) is 3. The standard InChI is InChI=1S/C12H14ClNO3S/c1-8(2)14(7-12(16)17)11(15)6-4-9-3-5-10(13)18-9/h3-6,8H,7H2,1-2H3,(H,16,17). The molecule has 1 N–H and O–H groups in total. The molecule has 1 heterocycles. The molecule has 0 radical (unpaired) electrons. The minimum Gasteiger partial charge on any atom is -0.480 e. The van der Waals surface area contributed by atoms with E-state index < -0.39 is 5.97 Å². The van der Waals surface area contributed by atoms with Gasteiger partial charge in [0.25, 0.3) is 0 Å². The fourth-order valence-corrected chi connectivity index (χ4v) is 2.29. The number of hydrogen-bond donors (Lipinski definition) is 1. The zero-order valence-electron chi connectivity index (χ0n) is 10.1. The highest BCUT2D eigenvalue weighted by Crippen LogP contribution is 2.22. The molecule has 1 aromatic rings. The minimum absolute atomic E-state index is 0.162. The zero-order valence-corrected chi connectivity index (χ0v) is 11.7. The number of carbonyl (C=O) groups is 2. The lowest BCUT2D eigenvalue weighted by atomic mass is 10.3. The van der Waals surface area contributed by atoms with E-state index in [0.717, 1.165) is 4.88 Å². The van der Waals surface area contributed by atoms with Crippen molar-refractivity contribution in [3.63, 3.8) is 0 Å². The second-order valence-corrected chi connectivity index (χ2v) is 5.68. The Hall–Kier alpha value is -1.33. The Labute approximate surface area is 114 Å². The van der Waals surface area contributed by atoms with E-state index in [1.54, 1.807) is 32.1 Å². The molecular weight excluding hydrogens is 274 g/mol. The second-order valence-electron chi connectivity index (χ2n) is 3.93. The van der Waals surface area contributed by atoms with E-state index in [4.69, 9.17) is 16.7 Å². The summed E-state index contributed by atoms with van der Waals surface area (Å²) in [4.78, 5) is 24.7. The third-order valence-corrected chi connectivity index (χ3v) is 3.39. The van der Waals surface area contributed by atoms with E-state index in [2.05, 4.69) is 0 Å². The Balaban J connectivity index is 2.72. The first kappa shape index (κ1) is 14.7. The van der Waals surface area contributed by atoms with Gasteiger partial charge in [-0.25, -0.2) is 0 Å². The summed E-state index contributed by atoms with van der Waals surface area (Å²) in [6.45, 7) is 3.25. The normalized spacial score (nSPS) is 11.1. The predicted octanol–water partition coefficient (Wildman–Crippen LogP) is 2.74. The summed E-state index contributed by atoms with van der Waals surface area (Å²) in [5.41, 5.74) is 0. The van der Waals surface area contributed by atoms with Gasteiger partial charge in [-0.3, -0.25) is 9.59 Å².